The Morgan fingerprint density at radius 1 is 1.23 bits per heavy atom. The molecule has 1 saturated carbocycles. The fraction of sp³-hybridized carbons (Fsp3) is 0.391. The van der Waals surface area contributed by atoms with Crippen LogP contribution in [0.1, 0.15) is 41.9 Å². The second-order valence-corrected chi connectivity index (χ2v) is 10.8. The number of oxime groups is 1. The number of carboxylic acid groups (broad SMARTS) is 1. The zero-order valence-electron chi connectivity index (χ0n) is 20.4. The van der Waals surface area contributed by atoms with Crippen LogP contribution < -0.4 is 16.4 Å². The van der Waals surface area contributed by atoms with Gasteiger partial charge >= 0.3 is 5.97 Å². The van der Waals surface area contributed by atoms with Crippen molar-refractivity contribution in [3.8, 4) is 0 Å². The number of nitrogen functional groups attached to an aromatic ring is 1. The molecule has 14 nitrogen and oxygen atoms in total. The molecule has 3 amide bonds. The van der Waals surface area contributed by atoms with E-state index >= 15 is 0 Å². The lowest BCUT2D eigenvalue weighted by atomic mass is 10.0. The predicted octanol–water partition coefficient (Wildman–Crippen LogP) is 0.347. The van der Waals surface area contributed by atoms with Crippen LogP contribution in [-0.4, -0.2) is 83.6 Å². The van der Waals surface area contributed by atoms with E-state index in [1.54, 1.807) is 0 Å². The van der Waals surface area contributed by atoms with Gasteiger partial charge in [0.1, 0.15) is 23.2 Å². The molecular formula is C23H24N8O6S2. The molecule has 0 radical (unpaired) electrons. The molecule has 2 fully saturated rings. The SMILES string of the molecule is Nc1nc(C(=NOC2CCCC2)C(=O)NC2C(=O)N3C(C(=O)O)=C(CNC(=O)c4ccncc4)CS[C@@H]23)ns1. The van der Waals surface area contributed by atoms with Gasteiger partial charge in [0.15, 0.2) is 5.13 Å². The summed E-state index contributed by atoms with van der Waals surface area (Å²) < 4.78 is 4.05. The minimum atomic E-state index is -1.30. The van der Waals surface area contributed by atoms with E-state index in [9.17, 15) is 24.3 Å². The Kier molecular flexibility index (Phi) is 7.74. The number of carbonyl (C=O) groups excluding carboxylic acids is 3. The molecular weight excluding hydrogens is 548 g/mol. The van der Waals surface area contributed by atoms with E-state index in [1.807, 2.05) is 0 Å². The molecule has 2 aromatic heterocycles. The molecule has 1 aliphatic carbocycles. The van der Waals surface area contributed by atoms with Crippen molar-refractivity contribution in [2.45, 2.75) is 43.2 Å². The van der Waals surface area contributed by atoms with Crippen molar-refractivity contribution >= 4 is 57.8 Å². The fourth-order valence-corrected chi connectivity index (χ4v) is 6.24. The minimum absolute atomic E-state index is 0.0220. The van der Waals surface area contributed by atoms with Gasteiger partial charge in [-0.05, 0) is 43.4 Å². The first-order valence-electron chi connectivity index (χ1n) is 12.1. The molecule has 2 aromatic rings. The molecule has 5 rings (SSSR count). The summed E-state index contributed by atoms with van der Waals surface area (Å²) >= 11 is 2.17. The molecule has 204 valence electrons. The van der Waals surface area contributed by atoms with E-state index in [1.165, 1.54) is 36.3 Å². The summed E-state index contributed by atoms with van der Waals surface area (Å²) in [6, 6.07) is 2.06. The second kappa shape index (κ2) is 11.4. The lowest BCUT2D eigenvalue weighted by Crippen LogP contribution is -2.71. The number of nitrogens with two attached hydrogens (primary N) is 1. The highest BCUT2D eigenvalue weighted by Crippen LogP contribution is 2.40. The van der Waals surface area contributed by atoms with Crippen LogP contribution in [0.2, 0.25) is 0 Å². The van der Waals surface area contributed by atoms with E-state index in [0.29, 0.717) is 11.1 Å². The van der Waals surface area contributed by atoms with Crippen LogP contribution in [0.15, 0.2) is 41.0 Å². The molecule has 0 spiro atoms. The summed E-state index contributed by atoms with van der Waals surface area (Å²) in [5, 5.41) is 18.7. The molecule has 2 aliphatic heterocycles. The van der Waals surface area contributed by atoms with Gasteiger partial charge < -0.3 is 26.3 Å². The van der Waals surface area contributed by atoms with Gasteiger partial charge in [-0.3, -0.25) is 24.3 Å². The maximum absolute atomic E-state index is 13.2. The van der Waals surface area contributed by atoms with E-state index in [0.717, 1.165) is 42.1 Å². The van der Waals surface area contributed by atoms with Gasteiger partial charge in [-0.15, -0.1) is 11.8 Å². The average molecular weight is 573 g/mol. The number of hydrogen-bond acceptors (Lipinski definition) is 12. The van der Waals surface area contributed by atoms with Crippen molar-refractivity contribution in [3.63, 3.8) is 0 Å². The maximum Gasteiger partial charge on any atom is 0.352 e. The van der Waals surface area contributed by atoms with Crippen molar-refractivity contribution in [1.29, 1.82) is 0 Å². The average Bonchev–Trinajstić information content (AvgIpc) is 3.62. The number of β-lactam (4-membered cyclic amide) rings is 1. The Hall–Kier alpha value is -4.05. The highest BCUT2D eigenvalue weighted by atomic mass is 32.2. The lowest BCUT2D eigenvalue weighted by Gasteiger charge is -2.49. The third kappa shape index (κ3) is 5.56. The first-order chi connectivity index (χ1) is 18.8. The molecule has 5 N–H and O–H groups in total. The predicted molar refractivity (Wildman–Crippen MR) is 140 cm³/mol. The largest absolute Gasteiger partial charge is 0.477 e. The number of pyridine rings is 1. The summed E-state index contributed by atoms with van der Waals surface area (Å²) in [5.74, 6) is -2.83. The molecule has 1 unspecified atom stereocenters. The highest BCUT2D eigenvalue weighted by molar-refractivity contribution is 8.00. The zero-order chi connectivity index (χ0) is 27.5. The van der Waals surface area contributed by atoms with Crippen LogP contribution in [0.4, 0.5) is 5.13 Å². The Morgan fingerprint density at radius 3 is 2.64 bits per heavy atom. The summed E-state index contributed by atoms with van der Waals surface area (Å²) in [5.41, 5.74) is 6.00. The topological polar surface area (TPSA) is 202 Å². The van der Waals surface area contributed by atoms with E-state index in [4.69, 9.17) is 10.6 Å². The lowest BCUT2D eigenvalue weighted by molar-refractivity contribution is -0.150. The van der Waals surface area contributed by atoms with Gasteiger partial charge in [-0.2, -0.15) is 9.36 Å². The molecule has 1 saturated heterocycles. The third-order valence-electron chi connectivity index (χ3n) is 6.41. The number of rotatable bonds is 9. The maximum atomic E-state index is 13.2. The molecule has 39 heavy (non-hydrogen) atoms. The van der Waals surface area contributed by atoms with Gasteiger partial charge in [0.25, 0.3) is 17.7 Å². The van der Waals surface area contributed by atoms with Crippen LogP contribution in [-0.2, 0) is 19.2 Å². The fourth-order valence-electron chi connectivity index (χ4n) is 4.46. The van der Waals surface area contributed by atoms with Gasteiger partial charge in [-0.1, -0.05) is 5.16 Å². The number of carbonyl (C=O) groups is 4. The number of nitrogens with zero attached hydrogens (tertiary/aromatic N) is 5. The van der Waals surface area contributed by atoms with Crippen LogP contribution in [0.3, 0.4) is 0 Å². The Morgan fingerprint density at radius 2 is 1.97 bits per heavy atom. The zero-order valence-corrected chi connectivity index (χ0v) is 22.0. The molecule has 0 aromatic carbocycles. The van der Waals surface area contributed by atoms with Crippen molar-refractivity contribution in [2.24, 2.45) is 5.16 Å². The number of thioether (sulfide) groups is 1. The quantitative estimate of drug-likeness (QED) is 0.183. The van der Waals surface area contributed by atoms with Crippen LogP contribution >= 0.6 is 23.3 Å². The summed E-state index contributed by atoms with van der Waals surface area (Å²) in [7, 11) is 0. The van der Waals surface area contributed by atoms with Crippen molar-refractivity contribution in [3.05, 3.63) is 47.2 Å². The highest BCUT2D eigenvalue weighted by Gasteiger charge is 2.54. The first-order valence-corrected chi connectivity index (χ1v) is 13.9. The Bertz CT molecular complexity index is 1360. The van der Waals surface area contributed by atoms with E-state index in [2.05, 4.69) is 30.1 Å². The summed E-state index contributed by atoms with van der Waals surface area (Å²) in [6.45, 7) is -0.0600. The van der Waals surface area contributed by atoms with Crippen molar-refractivity contribution in [2.75, 3.05) is 18.0 Å². The second-order valence-electron chi connectivity index (χ2n) is 8.94. The van der Waals surface area contributed by atoms with Crippen molar-refractivity contribution < 1.29 is 29.1 Å². The molecule has 2 atom stereocenters. The minimum Gasteiger partial charge on any atom is -0.477 e. The van der Waals surface area contributed by atoms with E-state index < -0.39 is 35.1 Å². The number of nitrogens with one attached hydrogen (secondary N) is 2. The number of amides is 3. The van der Waals surface area contributed by atoms with Gasteiger partial charge in [0.2, 0.25) is 11.5 Å². The number of hydrogen-bond donors (Lipinski definition) is 4. The third-order valence-corrected chi connectivity index (χ3v) is 8.29. The van der Waals surface area contributed by atoms with Gasteiger partial charge in [-0.25, -0.2) is 4.79 Å². The molecule has 4 heterocycles. The smallest absolute Gasteiger partial charge is 0.352 e. The Balaban J connectivity index is 1.29. The number of aromatic nitrogens is 3. The number of aliphatic carboxylic acids is 1. The number of fused-ring (bicyclic) bond motifs is 1. The number of anilines is 1. The van der Waals surface area contributed by atoms with Crippen LogP contribution in [0.5, 0.6) is 0 Å². The van der Waals surface area contributed by atoms with Crippen LogP contribution in [0.25, 0.3) is 0 Å². The summed E-state index contributed by atoms with van der Waals surface area (Å²) in [6.07, 6.45) is 6.46. The van der Waals surface area contributed by atoms with Crippen LogP contribution in [0, 0.1) is 0 Å². The van der Waals surface area contributed by atoms with Gasteiger partial charge in [0.05, 0.1) is 0 Å². The molecule has 3 aliphatic rings. The standard InChI is InChI=1S/C23H24N8O6S2/c24-23-28-17(30-39-23)14(29-37-13-3-1-2-4-13)19(33)27-15-20(34)31-16(22(35)36)12(10-38-21(15)31)9-26-18(32)11-5-7-25-8-6-11/h5-8,13,15,21H,1-4,9-10H2,(H,26,32)(H,27,33)(H,35,36)(H2,24,28,30)/t15?,21-/m0/s1. The van der Waals surface area contributed by atoms with E-state index in [-0.39, 0.29) is 40.8 Å². The molecule has 16 heteroatoms. The first kappa shape index (κ1) is 26.6. The van der Waals surface area contributed by atoms with Gasteiger partial charge in [0, 0.05) is 41.8 Å². The number of carboxylic acids is 1. The normalized spacial score (nSPS) is 21.3. The Labute approximate surface area is 230 Å². The molecule has 0 bridgehead atoms. The van der Waals surface area contributed by atoms with Crippen molar-refractivity contribution in [1.82, 2.24) is 29.9 Å². The summed E-state index contributed by atoms with van der Waals surface area (Å²) in [4.78, 5) is 65.3. The monoisotopic (exact) mass is 572 g/mol.